The Morgan fingerprint density at radius 1 is 1.15 bits per heavy atom. The zero-order valence-electron chi connectivity index (χ0n) is 14.7. The summed E-state index contributed by atoms with van der Waals surface area (Å²) in [5.41, 5.74) is 0.413. The molecule has 0 aliphatic carbocycles. The largest absolute Gasteiger partial charge is 0.369 e. The molecule has 26 heavy (non-hydrogen) atoms. The van der Waals surface area contributed by atoms with Crippen molar-refractivity contribution in [3.63, 3.8) is 0 Å². The first kappa shape index (κ1) is 17.8. The molecule has 0 unspecified atom stereocenters. The van der Waals surface area contributed by atoms with Crippen molar-refractivity contribution in [2.75, 3.05) is 42.9 Å². The zero-order valence-corrected chi connectivity index (χ0v) is 14.7. The molecule has 6 nitrogen and oxygen atoms in total. The first-order valence-corrected chi connectivity index (χ1v) is 8.71. The summed E-state index contributed by atoms with van der Waals surface area (Å²) in [6, 6.07) is 10.2. The Morgan fingerprint density at radius 2 is 1.92 bits per heavy atom. The minimum absolute atomic E-state index is 0.110. The lowest BCUT2D eigenvalue weighted by molar-refractivity contribution is -0.126. The number of anilines is 2. The van der Waals surface area contributed by atoms with Crippen molar-refractivity contribution in [1.82, 2.24) is 15.1 Å². The van der Waals surface area contributed by atoms with Gasteiger partial charge in [0, 0.05) is 44.4 Å². The highest BCUT2D eigenvalue weighted by atomic mass is 19.1. The van der Waals surface area contributed by atoms with Crippen molar-refractivity contribution < 1.29 is 9.18 Å². The summed E-state index contributed by atoms with van der Waals surface area (Å²) in [4.78, 5) is 16.2. The highest BCUT2D eigenvalue weighted by molar-refractivity contribution is 5.92. The van der Waals surface area contributed by atoms with Crippen LogP contribution in [-0.2, 0) is 4.79 Å². The third kappa shape index (κ3) is 4.36. The summed E-state index contributed by atoms with van der Waals surface area (Å²) < 4.78 is 13.6. The Kier molecular flexibility index (Phi) is 5.78. The molecule has 1 aliphatic heterocycles. The number of benzene rings is 1. The molecule has 1 aromatic carbocycles. The Balaban J connectivity index is 1.54. The van der Waals surface area contributed by atoms with Crippen LogP contribution in [-0.4, -0.2) is 53.7 Å². The normalized spacial score (nSPS) is 14.7. The van der Waals surface area contributed by atoms with E-state index in [1.807, 2.05) is 19.1 Å². The van der Waals surface area contributed by atoms with Crippen LogP contribution in [0.3, 0.4) is 0 Å². The summed E-state index contributed by atoms with van der Waals surface area (Å²) in [6.07, 6.45) is 2.95. The van der Waals surface area contributed by atoms with E-state index in [9.17, 15) is 9.18 Å². The number of piperazine rings is 1. The van der Waals surface area contributed by atoms with E-state index >= 15 is 0 Å². The van der Waals surface area contributed by atoms with Gasteiger partial charge >= 0.3 is 0 Å². The minimum Gasteiger partial charge on any atom is -0.369 e. The fraction of sp³-hybridized carbons (Fsp3) is 0.316. The molecule has 2 heterocycles. The van der Waals surface area contributed by atoms with Crippen LogP contribution in [0.1, 0.15) is 12.5 Å². The highest BCUT2D eigenvalue weighted by Crippen LogP contribution is 2.15. The van der Waals surface area contributed by atoms with Gasteiger partial charge in [0.2, 0.25) is 5.91 Å². The lowest BCUT2D eigenvalue weighted by Gasteiger charge is -2.34. The monoisotopic (exact) mass is 355 g/mol. The Hall–Kier alpha value is -2.96. The van der Waals surface area contributed by atoms with Gasteiger partial charge in [-0.05, 0) is 31.2 Å². The minimum atomic E-state index is -0.332. The lowest BCUT2D eigenvalue weighted by atomic mass is 10.2. The van der Waals surface area contributed by atoms with Gasteiger partial charge in [0.25, 0.3) is 0 Å². The van der Waals surface area contributed by atoms with Gasteiger partial charge in [0.15, 0.2) is 5.82 Å². The topological polar surface area (TPSA) is 61.4 Å². The summed E-state index contributed by atoms with van der Waals surface area (Å²) in [5, 5.41) is 11.5. The third-order valence-electron chi connectivity index (χ3n) is 4.23. The van der Waals surface area contributed by atoms with E-state index in [1.165, 1.54) is 18.2 Å². The van der Waals surface area contributed by atoms with Crippen LogP contribution in [0.5, 0.6) is 0 Å². The molecule has 3 rings (SSSR count). The first-order valence-electron chi connectivity index (χ1n) is 8.71. The fourth-order valence-electron chi connectivity index (χ4n) is 2.80. The van der Waals surface area contributed by atoms with Gasteiger partial charge in [-0.3, -0.25) is 4.79 Å². The number of carbonyl (C=O) groups excluding carboxylic acids is 1. The van der Waals surface area contributed by atoms with Crippen molar-refractivity contribution in [1.29, 1.82) is 0 Å². The Labute approximate surface area is 152 Å². The highest BCUT2D eigenvalue weighted by Gasteiger charge is 2.20. The summed E-state index contributed by atoms with van der Waals surface area (Å²) >= 11 is 0. The maximum Gasteiger partial charge on any atom is 0.246 e. The second kappa shape index (κ2) is 8.42. The molecule has 0 bridgehead atoms. The van der Waals surface area contributed by atoms with E-state index in [2.05, 4.69) is 20.4 Å². The molecule has 136 valence electrons. The number of hydrogen-bond donors (Lipinski definition) is 1. The zero-order chi connectivity index (χ0) is 18.4. The molecule has 2 aromatic rings. The van der Waals surface area contributed by atoms with E-state index < -0.39 is 0 Å². The molecule has 1 amide bonds. The molecular formula is C19H22FN5O. The maximum absolute atomic E-state index is 13.6. The second-order valence-electron chi connectivity index (χ2n) is 5.97. The number of aromatic nitrogens is 2. The fourth-order valence-corrected chi connectivity index (χ4v) is 2.80. The lowest BCUT2D eigenvalue weighted by Crippen LogP contribution is -2.48. The van der Waals surface area contributed by atoms with Crippen LogP contribution in [0.25, 0.3) is 6.08 Å². The van der Waals surface area contributed by atoms with Gasteiger partial charge in [-0.1, -0.05) is 18.2 Å². The first-order chi connectivity index (χ1) is 12.7. The third-order valence-corrected chi connectivity index (χ3v) is 4.23. The van der Waals surface area contributed by atoms with Crippen molar-refractivity contribution in [3.8, 4) is 0 Å². The molecule has 7 heteroatoms. The standard InChI is InChI=1S/C19H22FN5O/c1-2-21-17-8-9-18(23-22-17)24-11-13-25(14-12-24)19(26)10-7-15-5-3-4-6-16(15)20/h3-10H,2,11-14H2,1H3,(H,21,22)/b10-7+. The molecule has 1 saturated heterocycles. The number of carbonyl (C=O) groups is 1. The molecule has 1 N–H and O–H groups in total. The van der Waals surface area contributed by atoms with Crippen LogP contribution in [0.15, 0.2) is 42.5 Å². The van der Waals surface area contributed by atoms with Crippen LogP contribution < -0.4 is 10.2 Å². The summed E-state index contributed by atoms with van der Waals surface area (Å²) in [5.74, 6) is 1.12. The van der Waals surface area contributed by atoms with Crippen LogP contribution in [0.4, 0.5) is 16.0 Å². The van der Waals surface area contributed by atoms with Gasteiger partial charge in [-0.15, -0.1) is 10.2 Å². The molecule has 0 spiro atoms. The predicted octanol–water partition coefficient (Wildman–Crippen LogP) is 2.41. The number of nitrogens with zero attached hydrogens (tertiary/aromatic N) is 4. The summed E-state index contributed by atoms with van der Waals surface area (Å²) in [6.45, 7) is 5.37. The number of halogens is 1. The maximum atomic E-state index is 13.6. The molecule has 1 fully saturated rings. The van der Waals surface area contributed by atoms with Gasteiger partial charge in [0.05, 0.1) is 0 Å². The molecule has 0 atom stereocenters. The molecule has 0 saturated carbocycles. The van der Waals surface area contributed by atoms with E-state index in [-0.39, 0.29) is 11.7 Å². The summed E-state index contributed by atoms with van der Waals surface area (Å²) in [7, 11) is 0. The van der Waals surface area contributed by atoms with Gasteiger partial charge < -0.3 is 15.1 Å². The molecular weight excluding hydrogens is 333 g/mol. The van der Waals surface area contributed by atoms with Crippen LogP contribution >= 0.6 is 0 Å². The van der Waals surface area contributed by atoms with Crippen molar-refractivity contribution in [2.45, 2.75) is 6.92 Å². The van der Waals surface area contributed by atoms with Crippen molar-refractivity contribution >= 4 is 23.6 Å². The van der Waals surface area contributed by atoms with Crippen molar-refractivity contribution in [2.24, 2.45) is 0 Å². The van der Waals surface area contributed by atoms with E-state index in [0.29, 0.717) is 31.7 Å². The van der Waals surface area contributed by atoms with Crippen molar-refractivity contribution in [3.05, 3.63) is 53.9 Å². The number of amides is 1. The van der Waals surface area contributed by atoms with Crippen LogP contribution in [0, 0.1) is 5.82 Å². The van der Waals surface area contributed by atoms with Crippen LogP contribution in [0.2, 0.25) is 0 Å². The van der Waals surface area contributed by atoms with E-state index in [0.717, 1.165) is 18.2 Å². The predicted molar refractivity (Wildman–Crippen MR) is 100 cm³/mol. The SMILES string of the molecule is CCNc1ccc(N2CCN(C(=O)/C=C/c3ccccc3F)CC2)nn1. The molecule has 1 aromatic heterocycles. The van der Waals surface area contributed by atoms with Gasteiger partial charge in [0.1, 0.15) is 11.6 Å². The smallest absolute Gasteiger partial charge is 0.246 e. The van der Waals surface area contributed by atoms with Gasteiger partial charge in [-0.2, -0.15) is 0 Å². The van der Waals surface area contributed by atoms with Gasteiger partial charge in [-0.25, -0.2) is 4.39 Å². The van der Waals surface area contributed by atoms with E-state index in [1.54, 1.807) is 23.1 Å². The number of rotatable bonds is 5. The number of nitrogens with one attached hydrogen (secondary N) is 1. The Bertz CT molecular complexity index is 770. The quantitative estimate of drug-likeness (QED) is 0.835. The average Bonchev–Trinajstić information content (AvgIpc) is 2.68. The second-order valence-corrected chi connectivity index (χ2v) is 5.97. The average molecular weight is 355 g/mol. The number of hydrogen-bond acceptors (Lipinski definition) is 5. The van der Waals surface area contributed by atoms with E-state index in [4.69, 9.17) is 0 Å². The molecule has 1 aliphatic rings. The molecule has 0 radical (unpaired) electrons. The Morgan fingerprint density at radius 3 is 2.58 bits per heavy atom.